The minimum atomic E-state index is -0.0692. The third-order valence-corrected chi connectivity index (χ3v) is 6.71. The van der Waals surface area contributed by atoms with Crippen LogP contribution in [0, 0.1) is 0 Å². The van der Waals surface area contributed by atoms with Crippen molar-refractivity contribution in [3.8, 4) is 0 Å². The van der Waals surface area contributed by atoms with Crippen LogP contribution >= 0.6 is 23.4 Å². The Morgan fingerprint density at radius 3 is 3.06 bits per heavy atom. The number of rotatable bonds is 6. The molecule has 0 aliphatic carbocycles. The zero-order valence-electron chi connectivity index (χ0n) is 16.4. The molecule has 5 rings (SSSR count). The van der Waals surface area contributed by atoms with Gasteiger partial charge in [-0.05, 0) is 54.9 Å². The Hall–Kier alpha value is -2.97. The number of nitrogens with one attached hydrogen (secondary N) is 3. The van der Waals surface area contributed by atoms with Gasteiger partial charge in [0.2, 0.25) is 0 Å². The van der Waals surface area contributed by atoms with Crippen molar-refractivity contribution in [2.75, 3.05) is 18.4 Å². The van der Waals surface area contributed by atoms with Crippen LogP contribution in [0.4, 0.5) is 5.69 Å². The third kappa shape index (κ3) is 3.88. The maximum Gasteiger partial charge on any atom is 0.312 e. The van der Waals surface area contributed by atoms with E-state index in [0.29, 0.717) is 22.1 Å². The molecule has 1 amide bonds. The van der Waals surface area contributed by atoms with Crippen molar-refractivity contribution < 1.29 is 4.79 Å². The van der Waals surface area contributed by atoms with E-state index in [-0.39, 0.29) is 11.5 Å². The second-order valence-electron chi connectivity index (χ2n) is 7.47. The van der Waals surface area contributed by atoms with Gasteiger partial charge in [-0.3, -0.25) is 9.59 Å². The van der Waals surface area contributed by atoms with Crippen LogP contribution in [0.25, 0.3) is 21.9 Å². The molecule has 0 spiro atoms. The Morgan fingerprint density at radius 2 is 2.19 bits per heavy atom. The minimum Gasteiger partial charge on any atom is -0.382 e. The van der Waals surface area contributed by atoms with E-state index in [2.05, 4.69) is 20.3 Å². The first kappa shape index (κ1) is 20.0. The van der Waals surface area contributed by atoms with E-state index in [0.717, 1.165) is 46.5 Å². The maximum atomic E-state index is 12.7. The SMILES string of the molecule is O=[C]N1CCC[C@@H]1CNc1ccc(Sc2nc3cc(Cl)ccc3[nH]2)c2[nH]ccc(=O)c12. The molecule has 0 unspecified atom stereocenters. The molecule has 1 aliphatic heterocycles. The van der Waals surface area contributed by atoms with E-state index < -0.39 is 0 Å². The summed E-state index contributed by atoms with van der Waals surface area (Å²) >= 11 is 7.51. The van der Waals surface area contributed by atoms with E-state index in [9.17, 15) is 9.59 Å². The van der Waals surface area contributed by atoms with Gasteiger partial charge in [-0.25, -0.2) is 4.98 Å². The molecule has 1 atom stereocenters. The molecule has 0 saturated carbocycles. The zero-order valence-corrected chi connectivity index (χ0v) is 18.0. The molecule has 2 aromatic carbocycles. The topological polar surface area (TPSA) is 93.9 Å². The third-order valence-electron chi connectivity index (χ3n) is 5.53. The highest BCUT2D eigenvalue weighted by molar-refractivity contribution is 7.99. The zero-order chi connectivity index (χ0) is 21.4. The fourth-order valence-corrected chi connectivity index (χ4v) is 5.08. The molecule has 31 heavy (non-hydrogen) atoms. The smallest absolute Gasteiger partial charge is 0.312 e. The Balaban J connectivity index is 1.47. The summed E-state index contributed by atoms with van der Waals surface area (Å²) in [5.74, 6) is 0. The number of halogens is 1. The first-order valence-corrected chi connectivity index (χ1v) is 11.2. The second kappa shape index (κ2) is 8.28. The fourth-order valence-electron chi connectivity index (χ4n) is 4.00. The van der Waals surface area contributed by atoms with Crippen LogP contribution in [0.15, 0.2) is 57.4 Å². The summed E-state index contributed by atoms with van der Waals surface area (Å²) in [4.78, 5) is 37.5. The fraction of sp³-hybridized carbons (Fsp3) is 0.227. The molecule has 1 saturated heterocycles. The van der Waals surface area contributed by atoms with Gasteiger partial charge in [0.1, 0.15) is 0 Å². The summed E-state index contributed by atoms with van der Waals surface area (Å²) in [6.45, 7) is 1.31. The van der Waals surface area contributed by atoms with Crippen LogP contribution in [-0.4, -0.2) is 45.4 Å². The highest BCUT2D eigenvalue weighted by Gasteiger charge is 2.23. The average Bonchev–Trinajstić information content (AvgIpc) is 3.39. The Labute approximate surface area is 187 Å². The van der Waals surface area contributed by atoms with Crippen molar-refractivity contribution in [2.45, 2.75) is 28.9 Å². The molecule has 4 aromatic rings. The van der Waals surface area contributed by atoms with Gasteiger partial charge in [0.15, 0.2) is 10.6 Å². The van der Waals surface area contributed by atoms with Gasteiger partial charge in [-0.15, -0.1) is 0 Å². The molecule has 9 heteroatoms. The van der Waals surface area contributed by atoms with E-state index >= 15 is 0 Å². The number of carbonyl (C=O) groups excluding carboxylic acids is 1. The number of hydrogen-bond donors (Lipinski definition) is 3. The number of fused-ring (bicyclic) bond motifs is 2. The van der Waals surface area contributed by atoms with Gasteiger partial charge in [0, 0.05) is 47.0 Å². The number of nitrogens with zero attached hydrogens (tertiary/aromatic N) is 2. The summed E-state index contributed by atoms with van der Waals surface area (Å²) in [6, 6.07) is 11.0. The molecule has 0 bridgehead atoms. The van der Waals surface area contributed by atoms with Crippen molar-refractivity contribution in [1.82, 2.24) is 19.9 Å². The van der Waals surface area contributed by atoms with Gasteiger partial charge < -0.3 is 20.2 Å². The normalized spacial score (nSPS) is 16.3. The molecular formula is C22H19ClN5O2S. The van der Waals surface area contributed by atoms with E-state index in [1.807, 2.05) is 36.7 Å². The van der Waals surface area contributed by atoms with Crippen LogP contribution in [0.3, 0.4) is 0 Å². The second-order valence-corrected chi connectivity index (χ2v) is 8.94. The van der Waals surface area contributed by atoms with Gasteiger partial charge >= 0.3 is 6.41 Å². The average molecular weight is 453 g/mol. The number of imidazole rings is 1. The maximum absolute atomic E-state index is 12.7. The van der Waals surface area contributed by atoms with Crippen LogP contribution in [0.1, 0.15) is 12.8 Å². The van der Waals surface area contributed by atoms with Crippen molar-refractivity contribution in [3.63, 3.8) is 0 Å². The van der Waals surface area contributed by atoms with Crippen molar-refractivity contribution in [2.24, 2.45) is 0 Å². The summed E-state index contributed by atoms with van der Waals surface area (Å²) in [7, 11) is 0. The standard InChI is InChI=1S/C22H19ClN5O2S/c23-13-3-4-15-17(10-13)27-22(26-15)31-19-6-5-16(20-18(30)7-8-24-21(19)20)25-11-14-2-1-9-28(14)12-29/h3-8,10,14,25H,1-2,9,11H2,(H,24,30)(H,26,27)/t14-/m1/s1. The Morgan fingerprint density at radius 1 is 1.29 bits per heavy atom. The first-order valence-electron chi connectivity index (χ1n) is 9.98. The lowest BCUT2D eigenvalue weighted by Crippen LogP contribution is -2.33. The lowest BCUT2D eigenvalue weighted by Gasteiger charge is -2.20. The van der Waals surface area contributed by atoms with Gasteiger partial charge in [-0.1, -0.05) is 11.6 Å². The number of hydrogen-bond acceptors (Lipinski definition) is 5. The summed E-state index contributed by atoms with van der Waals surface area (Å²) in [6.07, 6.45) is 5.56. The lowest BCUT2D eigenvalue weighted by atomic mass is 10.1. The molecule has 2 aromatic heterocycles. The van der Waals surface area contributed by atoms with E-state index in [1.54, 1.807) is 11.1 Å². The summed E-state index contributed by atoms with van der Waals surface area (Å²) in [5.41, 5.74) is 3.11. The van der Waals surface area contributed by atoms with Gasteiger partial charge in [-0.2, -0.15) is 0 Å². The number of anilines is 1. The molecule has 3 N–H and O–H groups in total. The summed E-state index contributed by atoms with van der Waals surface area (Å²) in [5, 5.41) is 5.30. The molecular weight excluding hydrogens is 434 g/mol. The van der Waals surface area contributed by atoms with Crippen molar-refractivity contribution in [3.05, 3.63) is 57.8 Å². The Kier molecular flexibility index (Phi) is 5.33. The van der Waals surface area contributed by atoms with E-state index in [1.165, 1.54) is 17.8 Å². The summed E-state index contributed by atoms with van der Waals surface area (Å²) < 4.78 is 0. The number of benzene rings is 2. The predicted octanol–water partition coefficient (Wildman–Crippen LogP) is 4.15. The monoisotopic (exact) mass is 452 g/mol. The highest BCUT2D eigenvalue weighted by atomic mass is 35.5. The molecule has 1 fully saturated rings. The predicted molar refractivity (Wildman–Crippen MR) is 124 cm³/mol. The molecule has 157 valence electrons. The van der Waals surface area contributed by atoms with Crippen molar-refractivity contribution >= 4 is 57.4 Å². The van der Waals surface area contributed by atoms with Crippen molar-refractivity contribution in [1.29, 1.82) is 0 Å². The molecule has 1 radical (unpaired) electrons. The molecule has 1 aliphatic rings. The molecule has 3 heterocycles. The van der Waals surface area contributed by atoms with Gasteiger partial charge in [0.25, 0.3) is 0 Å². The van der Waals surface area contributed by atoms with Crippen LogP contribution in [0.2, 0.25) is 5.02 Å². The first-order chi connectivity index (χ1) is 15.1. The van der Waals surface area contributed by atoms with Crippen LogP contribution in [0.5, 0.6) is 0 Å². The van der Waals surface area contributed by atoms with Gasteiger partial charge in [0.05, 0.1) is 21.9 Å². The van der Waals surface area contributed by atoms with Crippen LogP contribution < -0.4 is 10.7 Å². The van der Waals surface area contributed by atoms with Crippen LogP contribution in [-0.2, 0) is 4.79 Å². The quantitative estimate of drug-likeness (QED) is 0.408. The number of aromatic nitrogens is 3. The Bertz CT molecular complexity index is 1330. The molecule has 7 nitrogen and oxygen atoms in total. The highest BCUT2D eigenvalue weighted by Crippen LogP contribution is 2.34. The number of pyridine rings is 1. The van der Waals surface area contributed by atoms with E-state index in [4.69, 9.17) is 11.6 Å². The number of H-pyrrole nitrogens is 2. The number of amides is 1. The number of likely N-dealkylation sites (tertiary alicyclic amines) is 1. The lowest BCUT2D eigenvalue weighted by molar-refractivity contribution is 0.368. The minimum absolute atomic E-state index is 0.0692. The largest absolute Gasteiger partial charge is 0.382 e. The number of aromatic amines is 2.